The lowest BCUT2D eigenvalue weighted by Crippen LogP contribution is -3.12. The second-order valence-electron chi connectivity index (χ2n) is 7.34. The molecule has 0 bridgehead atoms. The number of hydrogen-bond acceptors (Lipinski definition) is 4. The highest BCUT2D eigenvalue weighted by Crippen LogP contribution is 2.39. The second-order valence-corrected chi connectivity index (χ2v) is 7.34. The zero-order valence-corrected chi connectivity index (χ0v) is 17.7. The quantitative estimate of drug-likeness (QED) is 0.398. The highest BCUT2D eigenvalue weighted by molar-refractivity contribution is 6.46. The number of aliphatic hydroxyl groups is 1. The van der Waals surface area contributed by atoms with Crippen molar-refractivity contribution >= 4 is 17.4 Å². The number of aliphatic hydroxyl groups excluding tert-OH is 1. The van der Waals surface area contributed by atoms with Crippen LogP contribution in [0.15, 0.2) is 60.2 Å². The van der Waals surface area contributed by atoms with Gasteiger partial charge in [-0.3, -0.25) is 9.59 Å². The molecular formula is C24H29N2O4+. The molecule has 1 atom stereocenters. The molecule has 2 aromatic carbocycles. The number of likely N-dealkylation sites (N-methyl/N-ethyl adjacent to an activating group) is 1. The molecule has 158 valence electrons. The number of amides is 1. The normalized spacial score (nSPS) is 18.3. The van der Waals surface area contributed by atoms with Gasteiger partial charge in [0.25, 0.3) is 11.7 Å². The number of nitrogens with zero attached hydrogens (tertiary/aromatic N) is 1. The number of carbonyl (C=O) groups excluding carboxylic acids is 2. The fourth-order valence-electron chi connectivity index (χ4n) is 3.88. The minimum Gasteiger partial charge on any atom is -0.507 e. The lowest BCUT2D eigenvalue weighted by Gasteiger charge is -2.26. The third kappa shape index (κ3) is 4.24. The Morgan fingerprint density at radius 3 is 2.23 bits per heavy atom. The maximum atomic E-state index is 13.0. The maximum absolute atomic E-state index is 13.0. The summed E-state index contributed by atoms with van der Waals surface area (Å²) in [7, 11) is 1.56. The van der Waals surface area contributed by atoms with Gasteiger partial charge in [0.1, 0.15) is 11.5 Å². The van der Waals surface area contributed by atoms with Crippen LogP contribution in [-0.4, -0.2) is 55.0 Å². The van der Waals surface area contributed by atoms with Gasteiger partial charge in [0, 0.05) is 5.56 Å². The molecule has 1 saturated heterocycles. The number of rotatable bonds is 8. The number of quaternary nitrogens is 1. The van der Waals surface area contributed by atoms with Gasteiger partial charge in [-0.2, -0.15) is 0 Å². The summed E-state index contributed by atoms with van der Waals surface area (Å²) in [4.78, 5) is 28.8. The van der Waals surface area contributed by atoms with Crippen LogP contribution < -0.4 is 9.64 Å². The fraction of sp³-hybridized carbons (Fsp3) is 0.333. The summed E-state index contributed by atoms with van der Waals surface area (Å²) >= 11 is 0. The van der Waals surface area contributed by atoms with E-state index in [-0.39, 0.29) is 11.3 Å². The summed E-state index contributed by atoms with van der Waals surface area (Å²) in [6.07, 6.45) is 0. The van der Waals surface area contributed by atoms with Crippen LogP contribution in [0.4, 0.5) is 0 Å². The monoisotopic (exact) mass is 409 g/mol. The van der Waals surface area contributed by atoms with Crippen LogP contribution in [0.1, 0.15) is 31.0 Å². The van der Waals surface area contributed by atoms with E-state index in [1.165, 1.54) is 4.90 Å². The Balaban J connectivity index is 2.05. The van der Waals surface area contributed by atoms with E-state index in [0.29, 0.717) is 17.9 Å². The second kappa shape index (κ2) is 9.59. The SMILES string of the molecule is CC[NH+](CC)CCN1C(=O)C(=O)C(=C(O)c2ccc(OC)cc2)[C@@H]1c1ccccc1. The molecule has 6 heteroatoms. The smallest absolute Gasteiger partial charge is 0.295 e. The average Bonchev–Trinajstić information content (AvgIpc) is 3.05. The molecule has 1 amide bonds. The molecule has 1 aliphatic heterocycles. The van der Waals surface area contributed by atoms with Crippen LogP contribution in [-0.2, 0) is 9.59 Å². The number of likely N-dealkylation sites (tertiary alicyclic amines) is 1. The summed E-state index contributed by atoms with van der Waals surface area (Å²) in [5, 5.41) is 11.0. The first-order valence-electron chi connectivity index (χ1n) is 10.3. The van der Waals surface area contributed by atoms with Crippen molar-refractivity contribution in [2.45, 2.75) is 19.9 Å². The van der Waals surface area contributed by atoms with Gasteiger partial charge in [-0.05, 0) is 43.7 Å². The van der Waals surface area contributed by atoms with Crippen molar-refractivity contribution < 1.29 is 24.3 Å². The van der Waals surface area contributed by atoms with Gasteiger partial charge in [-0.15, -0.1) is 0 Å². The number of hydrogen-bond donors (Lipinski definition) is 2. The zero-order chi connectivity index (χ0) is 21.7. The van der Waals surface area contributed by atoms with Gasteiger partial charge < -0.3 is 19.6 Å². The van der Waals surface area contributed by atoms with E-state index in [0.717, 1.165) is 25.2 Å². The number of benzene rings is 2. The number of ketones is 1. The average molecular weight is 410 g/mol. The molecular weight excluding hydrogens is 380 g/mol. The van der Waals surface area contributed by atoms with Gasteiger partial charge in [-0.1, -0.05) is 30.3 Å². The van der Waals surface area contributed by atoms with Crippen molar-refractivity contribution in [1.82, 2.24) is 4.90 Å². The molecule has 1 heterocycles. The van der Waals surface area contributed by atoms with Gasteiger partial charge >= 0.3 is 0 Å². The number of nitrogens with one attached hydrogen (secondary N) is 1. The number of methoxy groups -OCH3 is 1. The topological polar surface area (TPSA) is 71.3 Å². The van der Waals surface area contributed by atoms with Crippen molar-refractivity contribution in [3.05, 3.63) is 71.3 Å². The first-order valence-corrected chi connectivity index (χ1v) is 10.3. The summed E-state index contributed by atoms with van der Waals surface area (Å²) in [5.41, 5.74) is 1.41. The standard InChI is InChI=1S/C24H28N2O4/c1-4-25(5-2)15-16-26-21(17-9-7-6-8-10-17)20(23(28)24(26)29)22(27)18-11-13-19(30-3)14-12-18/h6-14,21,27H,4-5,15-16H2,1-3H3/p+1/t21-/m0/s1. The molecule has 0 unspecified atom stereocenters. The van der Waals surface area contributed by atoms with E-state index < -0.39 is 17.7 Å². The van der Waals surface area contributed by atoms with Gasteiger partial charge in [0.15, 0.2) is 0 Å². The Morgan fingerprint density at radius 1 is 1.03 bits per heavy atom. The molecule has 2 aromatic rings. The minimum atomic E-state index is -0.647. The highest BCUT2D eigenvalue weighted by Gasteiger charge is 2.46. The Kier molecular flexibility index (Phi) is 6.90. The van der Waals surface area contributed by atoms with Gasteiger partial charge in [0.05, 0.1) is 44.9 Å². The van der Waals surface area contributed by atoms with E-state index in [1.54, 1.807) is 36.3 Å². The number of Topliss-reactive ketones (excluding diaryl/α,β-unsaturated/α-hetero) is 1. The molecule has 0 radical (unpaired) electrons. The highest BCUT2D eigenvalue weighted by atomic mass is 16.5. The van der Waals surface area contributed by atoms with Gasteiger partial charge in [0.2, 0.25) is 0 Å². The third-order valence-corrected chi connectivity index (χ3v) is 5.72. The predicted molar refractivity (Wildman–Crippen MR) is 115 cm³/mol. The molecule has 0 aliphatic carbocycles. The lowest BCUT2D eigenvalue weighted by molar-refractivity contribution is -0.895. The van der Waals surface area contributed by atoms with Crippen molar-refractivity contribution in [3.63, 3.8) is 0 Å². The molecule has 0 saturated carbocycles. The summed E-state index contributed by atoms with van der Waals surface area (Å²) < 4.78 is 5.17. The molecule has 0 spiro atoms. The molecule has 3 rings (SSSR count). The number of carbonyl (C=O) groups is 2. The van der Waals surface area contributed by atoms with E-state index in [9.17, 15) is 14.7 Å². The van der Waals surface area contributed by atoms with Crippen molar-refractivity contribution in [3.8, 4) is 5.75 Å². The summed E-state index contributed by atoms with van der Waals surface area (Å²) in [5.74, 6) is -0.728. The largest absolute Gasteiger partial charge is 0.507 e. The zero-order valence-electron chi connectivity index (χ0n) is 17.7. The van der Waals surface area contributed by atoms with Gasteiger partial charge in [-0.25, -0.2) is 0 Å². The molecule has 0 aromatic heterocycles. The van der Waals surface area contributed by atoms with Crippen LogP contribution >= 0.6 is 0 Å². The molecule has 6 nitrogen and oxygen atoms in total. The Hall–Kier alpha value is -3.12. The van der Waals surface area contributed by atoms with Crippen LogP contribution in [0.25, 0.3) is 5.76 Å². The van der Waals surface area contributed by atoms with Crippen LogP contribution in [0.5, 0.6) is 5.75 Å². The molecule has 2 N–H and O–H groups in total. The fourth-order valence-corrected chi connectivity index (χ4v) is 3.88. The lowest BCUT2D eigenvalue weighted by atomic mass is 9.95. The van der Waals surface area contributed by atoms with Crippen LogP contribution in [0, 0.1) is 0 Å². The third-order valence-electron chi connectivity index (χ3n) is 5.72. The minimum absolute atomic E-state index is 0.130. The van der Waals surface area contributed by atoms with Crippen molar-refractivity contribution in [2.75, 3.05) is 33.3 Å². The van der Waals surface area contributed by atoms with Crippen molar-refractivity contribution in [2.24, 2.45) is 0 Å². The Bertz CT molecular complexity index is 918. The Labute approximate surface area is 177 Å². The molecule has 1 fully saturated rings. The predicted octanol–water partition coefficient (Wildman–Crippen LogP) is 2.04. The molecule has 1 aliphatic rings. The molecule has 30 heavy (non-hydrogen) atoms. The first-order chi connectivity index (χ1) is 14.5. The van der Waals surface area contributed by atoms with Crippen LogP contribution in [0.2, 0.25) is 0 Å². The van der Waals surface area contributed by atoms with Crippen molar-refractivity contribution in [1.29, 1.82) is 0 Å². The maximum Gasteiger partial charge on any atom is 0.295 e. The van der Waals surface area contributed by atoms with E-state index in [1.807, 2.05) is 30.3 Å². The number of ether oxygens (including phenoxy) is 1. The van der Waals surface area contributed by atoms with E-state index in [4.69, 9.17) is 4.74 Å². The Morgan fingerprint density at radius 2 is 1.67 bits per heavy atom. The summed E-state index contributed by atoms with van der Waals surface area (Å²) in [6, 6.07) is 15.6. The van der Waals surface area contributed by atoms with E-state index >= 15 is 0 Å². The van der Waals surface area contributed by atoms with Crippen LogP contribution in [0.3, 0.4) is 0 Å². The first kappa shape index (κ1) is 21.6. The summed E-state index contributed by atoms with van der Waals surface area (Å²) in [6.45, 7) is 7.29. The van der Waals surface area contributed by atoms with E-state index in [2.05, 4.69) is 13.8 Å².